The molecule has 208 valence electrons. The van der Waals surface area contributed by atoms with Crippen molar-refractivity contribution in [3.8, 4) is 0 Å². The number of hydrogen-bond acceptors (Lipinski definition) is 10. The van der Waals surface area contributed by atoms with E-state index in [0.29, 0.717) is 67.5 Å². The molecule has 13 nitrogen and oxygen atoms in total. The molecule has 2 saturated heterocycles. The highest BCUT2D eigenvalue weighted by Crippen LogP contribution is 2.28. The topological polar surface area (TPSA) is 139 Å². The van der Waals surface area contributed by atoms with Crippen LogP contribution in [-0.4, -0.2) is 82.4 Å². The zero-order valence-electron chi connectivity index (χ0n) is 22.3. The number of carbonyl (C=O) groups excluding carboxylic acids is 2. The molecule has 0 unspecified atom stereocenters. The predicted octanol–water partition coefficient (Wildman–Crippen LogP) is 3.41. The molecule has 2 aliphatic heterocycles. The minimum Gasteiger partial charge on any atom is -0.450 e. The number of morpholine rings is 1. The Morgan fingerprint density at radius 3 is 2.77 bits per heavy atom. The lowest BCUT2D eigenvalue weighted by atomic mass is 10.0. The van der Waals surface area contributed by atoms with Crippen LogP contribution in [-0.2, 0) is 9.47 Å². The number of imidazole rings is 1. The fourth-order valence-corrected chi connectivity index (χ4v) is 4.75. The average molecular weight is 547 g/mol. The summed E-state index contributed by atoms with van der Waals surface area (Å²) in [6, 6.07) is 9.51. The number of benzene rings is 1. The Kier molecular flexibility index (Phi) is 6.95. The predicted molar refractivity (Wildman–Crippen MR) is 146 cm³/mol. The van der Waals surface area contributed by atoms with Crippen LogP contribution in [0.5, 0.6) is 0 Å². The number of ether oxygens (including phenoxy) is 2. The Morgan fingerprint density at radius 2 is 1.98 bits per heavy atom. The van der Waals surface area contributed by atoms with Gasteiger partial charge >= 0.3 is 6.09 Å². The molecule has 0 saturated carbocycles. The molecule has 2 aliphatic rings. The Labute approximate surface area is 230 Å². The van der Waals surface area contributed by atoms with Crippen molar-refractivity contribution in [1.29, 1.82) is 0 Å². The van der Waals surface area contributed by atoms with Crippen LogP contribution in [0.25, 0.3) is 5.65 Å². The number of aryl methyl sites for hydroxylation is 1. The lowest BCUT2D eigenvalue weighted by molar-refractivity contribution is 0.0686. The Balaban J connectivity index is 1.13. The van der Waals surface area contributed by atoms with Crippen molar-refractivity contribution in [3.05, 3.63) is 59.9 Å². The summed E-state index contributed by atoms with van der Waals surface area (Å²) in [6.07, 6.45) is 3.18. The molecule has 6 rings (SSSR count). The highest BCUT2D eigenvalue weighted by atomic mass is 16.6. The first-order valence-corrected chi connectivity index (χ1v) is 13.2. The lowest BCUT2D eigenvalue weighted by Crippen LogP contribution is -2.48. The largest absolute Gasteiger partial charge is 0.450 e. The van der Waals surface area contributed by atoms with E-state index in [4.69, 9.17) is 14.0 Å². The van der Waals surface area contributed by atoms with Crippen molar-refractivity contribution >= 4 is 40.7 Å². The first kappa shape index (κ1) is 25.6. The summed E-state index contributed by atoms with van der Waals surface area (Å²) >= 11 is 0. The van der Waals surface area contributed by atoms with E-state index in [9.17, 15) is 9.59 Å². The summed E-state index contributed by atoms with van der Waals surface area (Å²) in [4.78, 5) is 37.8. The van der Waals surface area contributed by atoms with Gasteiger partial charge in [0.2, 0.25) is 5.89 Å². The maximum atomic E-state index is 13.3. The summed E-state index contributed by atoms with van der Waals surface area (Å²) in [6.45, 7) is 7.93. The number of pyridine rings is 1. The number of nitrogens with one attached hydrogen (secondary N) is 2. The van der Waals surface area contributed by atoms with Crippen LogP contribution in [0.3, 0.4) is 0 Å². The number of amides is 2. The van der Waals surface area contributed by atoms with Gasteiger partial charge in [-0.2, -0.15) is 4.98 Å². The fraction of sp³-hybridized carbons (Fsp3) is 0.370. The van der Waals surface area contributed by atoms with Gasteiger partial charge in [-0.15, -0.1) is 0 Å². The maximum absolute atomic E-state index is 13.3. The van der Waals surface area contributed by atoms with Crippen LogP contribution < -0.4 is 15.5 Å². The van der Waals surface area contributed by atoms with E-state index in [0.717, 1.165) is 24.3 Å². The van der Waals surface area contributed by atoms with Crippen molar-refractivity contribution in [2.24, 2.45) is 0 Å². The molecular weight excluding hydrogens is 516 g/mol. The van der Waals surface area contributed by atoms with Crippen LogP contribution in [0.15, 0.2) is 47.2 Å². The number of hydrogen-bond donors (Lipinski definition) is 2. The minimum atomic E-state index is -0.340. The van der Waals surface area contributed by atoms with Crippen LogP contribution in [0.2, 0.25) is 0 Å². The van der Waals surface area contributed by atoms with Gasteiger partial charge in [-0.3, -0.25) is 9.20 Å². The number of anilines is 4. The van der Waals surface area contributed by atoms with E-state index in [-0.39, 0.29) is 17.9 Å². The molecule has 40 heavy (non-hydrogen) atoms. The summed E-state index contributed by atoms with van der Waals surface area (Å²) < 4.78 is 17.7. The van der Waals surface area contributed by atoms with Crippen molar-refractivity contribution in [3.63, 3.8) is 0 Å². The second-order valence-electron chi connectivity index (χ2n) is 9.72. The molecular formula is C27H30N8O5. The zero-order valence-corrected chi connectivity index (χ0v) is 22.3. The van der Waals surface area contributed by atoms with Crippen molar-refractivity contribution in [1.82, 2.24) is 24.4 Å². The molecule has 5 heterocycles. The van der Waals surface area contributed by atoms with Gasteiger partial charge < -0.3 is 34.4 Å². The van der Waals surface area contributed by atoms with E-state index in [1.54, 1.807) is 18.0 Å². The first-order chi connectivity index (χ1) is 19.5. The smallest absolute Gasteiger partial charge is 0.409 e. The molecule has 0 aliphatic carbocycles. The molecule has 2 N–H and O–H groups in total. The third-order valence-electron chi connectivity index (χ3n) is 7.04. The summed E-state index contributed by atoms with van der Waals surface area (Å²) in [7, 11) is 0. The monoisotopic (exact) mass is 546 g/mol. The Bertz CT molecular complexity index is 1540. The molecule has 0 spiro atoms. The van der Waals surface area contributed by atoms with Gasteiger partial charge in [0.1, 0.15) is 11.3 Å². The van der Waals surface area contributed by atoms with Gasteiger partial charge in [-0.05, 0) is 48.8 Å². The maximum Gasteiger partial charge on any atom is 0.409 e. The number of likely N-dealkylation sites (tertiary alicyclic amines) is 1. The van der Waals surface area contributed by atoms with E-state index in [1.165, 1.54) is 0 Å². The molecule has 1 aromatic carbocycles. The average Bonchev–Trinajstić information content (AvgIpc) is 3.57. The van der Waals surface area contributed by atoms with Gasteiger partial charge in [-0.1, -0.05) is 6.07 Å². The Hall–Kier alpha value is -4.65. The third kappa shape index (κ3) is 5.15. The van der Waals surface area contributed by atoms with Crippen LogP contribution in [0, 0.1) is 6.92 Å². The molecule has 0 radical (unpaired) electrons. The molecule has 0 bridgehead atoms. The highest BCUT2D eigenvalue weighted by molar-refractivity contribution is 6.04. The first-order valence-electron chi connectivity index (χ1n) is 13.2. The number of carbonyl (C=O) groups is 2. The molecule has 2 amide bonds. The van der Waals surface area contributed by atoms with Gasteiger partial charge in [0, 0.05) is 43.8 Å². The van der Waals surface area contributed by atoms with E-state index in [2.05, 4.69) is 30.7 Å². The van der Waals surface area contributed by atoms with Crippen molar-refractivity contribution < 1.29 is 23.6 Å². The molecule has 3 aromatic heterocycles. The summed E-state index contributed by atoms with van der Waals surface area (Å²) in [5.41, 5.74) is 4.36. The van der Waals surface area contributed by atoms with Gasteiger partial charge in [0.05, 0.1) is 37.6 Å². The second-order valence-corrected chi connectivity index (χ2v) is 9.72. The molecule has 0 atom stereocenters. The quantitative estimate of drug-likeness (QED) is 0.354. The lowest BCUT2D eigenvalue weighted by Gasteiger charge is -2.35. The van der Waals surface area contributed by atoms with Crippen LogP contribution in [0.4, 0.5) is 27.8 Å². The number of aromatic nitrogens is 4. The highest BCUT2D eigenvalue weighted by Gasteiger charge is 2.36. The van der Waals surface area contributed by atoms with Crippen molar-refractivity contribution in [2.75, 3.05) is 61.5 Å². The van der Waals surface area contributed by atoms with Crippen molar-refractivity contribution in [2.45, 2.75) is 19.8 Å². The van der Waals surface area contributed by atoms with Gasteiger partial charge in [0.15, 0.2) is 0 Å². The summed E-state index contributed by atoms with van der Waals surface area (Å²) in [5, 5.41) is 10.1. The third-order valence-corrected chi connectivity index (χ3v) is 7.04. The number of nitrogens with zero attached hydrogens (tertiary/aromatic N) is 6. The van der Waals surface area contributed by atoms with E-state index in [1.807, 2.05) is 47.9 Å². The zero-order chi connectivity index (χ0) is 27.6. The molecule has 2 fully saturated rings. The number of rotatable bonds is 7. The fourth-order valence-electron chi connectivity index (χ4n) is 4.75. The number of fused-ring (bicyclic) bond motifs is 1. The van der Waals surface area contributed by atoms with E-state index >= 15 is 0 Å². The van der Waals surface area contributed by atoms with Crippen LogP contribution >= 0.6 is 0 Å². The molecule has 13 heteroatoms. The minimum absolute atomic E-state index is 0.0328. The Morgan fingerprint density at radius 1 is 1.15 bits per heavy atom. The van der Waals surface area contributed by atoms with E-state index < -0.39 is 0 Å². The standard InChI is InChI=1S/C27H30N8O5/c1-3-39-27(37)34-14-18(15-34)25-31-26(32-40-25)29-19-5-4-17(2)21(12-19)30-24(36)22-13-28-23-7-6-20(16-35(22)23)33-8-10-38-11-9-33/h4-7,12-13,16,18H,3,8-11,14-15H2,1-2H3,(H,29,32)(H,30,36). The van der Waals surface area contributed by atoms with Gasteiger partial charge in [0.25, 0.3) is 11.9 Å². The normalized spacial score (nSPS) is 15.7. The molecule has 4 aromatic rings. The summed E-state index contributed by atoms with van der Waals surface area (Å²) in [5.74, 6) is 0.440. The SMILES string of the molecule is CCOC(=O)N1CC(c2nc(Nc3ccc(C)c(NC(=O)c4cnc5ccc(N6CCOCC6)cn45)c3)no2)C1. The second kappa shape index (κ2) is 10.8. The van der Waals surface area contributed by atoms with Crippen LogP contribution in [0.1, 0.15) is 34.8 Å². The van der Waals surface area contributed by atoms with Gasteiger partial charge in [-0.25, -0.2) is 9.78 Å².